The molecule has 1 aromatic rings. The van der Waals surface area contributed by atoms with Gasteiger partial charge in [0, 0.05) is 6.42 Å². The van der Waals surface area contributed by atoms with E-state index in [1.807, 2.05) is 20.8 Å². The van der Waals surface area contributed by atoms with Crippen molar-refractivity contribution in [2.75, 3.05) is 6.61 Å². The zero-order chi connectivity index (χ0) is 33.5. The summed E-state index contributed by atoms with van der Waals surface area (Å²) >= 11 is 0. The van der Waals surface area contributed by atoms with E-state index in [9.17, 15) is 61.9 Å². The summed E-state index contributed by atoms with van der Waals surface area (Å²) in [6.45, 7) is 11.4. The number of alkyl halides is 13. The molecule has 1 aromatic carbocycles. The number of aryl methyl sites for hydroxylation is 2. The molecule has 0 amide bonds. The maximum absolute atomic E-state index is 14.1. The van der Waals surface area contributed by atoms with Crippen LogP contribution in [0.5, 0.6) is 5.75 Å². The van der Waals surface area contributed by atoms with Crippen molar-refractivity contribution in [1.29, 1.82) is 0 Å². The Hall–Kier alpha value is -2.42. The van der Waals surface area contributed by atoms with Crippen molar-refractivity contribution >= 4 is 5.97 Å². The van der Waals surface area contributed by atoms with Crippen LogP contribution in [0.2, 0.25) is 0 Å². The van der Waals surface area contributed by atoms with Crippen molar-refractivity contribution in [1.82, 2.24) is 0 Å². The summed E-state index contributed by atoms with van der Waals surface area (Å²) in [5, 5.41) is 0. The van der Waals surface area contributed by atoms with Crippen LogP contribution in [0.25, 0.3) is 0 Å². The first-order valence-corrected chi connectivity index (χ1v) is 12.3. The number of benzene rings is 1. The fourth-order valence-corrected chi connectivity index (χ4v) is 4.21. The first kappa shape index (κ1) is 37.6. The molecule has 0 radical (unpaired) electrons. The average Bonchev–Trinajstić information content (AvgIpc) is 2.78. The maximum Gasteiger partial charge on any atom is 0.471 e. The Bertz CT molecular complexity index is 1100. The molecule has 0 aliphatic carbocycles. The van der Waals surface area contributed by atoms with E-state index in [4.69, 9.17) is 4.74 Å². The van der Waals surface area contributed by atoms with Crippen molar-refractivity contribution in [2.45, 2.75) is 104 Å². The minimum atomic E-state index is -8.01. The summed E-state index contributed by atoms with van der Waals surface area (Å²) in [4.78, 5) is 12.6. The van der Waals surface area contributed by atoms with E-state index in [0.29, 0.717) is 24.1 Å². The SMILES string of the molecule is CCC(C)(C)CC(C)(C)C(=O)OCCc1c(C)cc(OC(F)(F)C(F)(F)C(F)(F)C(F)(F)C(F)(F)C(F)(F)F)cc1C. The minimum absolute atomic E-state index is 0.00719. The standard InChI is InChI=1S/C26H31F13O3/c1-8-19(4,5)13-20(6,7)18(40)41-10-9-17-14(2)11-16(12-15(17)3)42-26(38,39)24(33,34)22(29,30)21(27,28)23(31,32)25(35,36)37/h11-12H,8-10,13H2,1-7H3. The molecular weight excluding hydrogens is 607 g/mol. The van der Waals surface area contributed by atoms with Gasteiger partial charge in [-0.05, 0) is 68.4 Å². The van der Waals surface area contributed by atoms with E-state index in [1.54, 1.807) is 13.8 Å². The molecule has 0 saturated carbocycles. The summed E-state index contributed by atoms with van der Waals surface area (Å²) in [5.41, 5.74) is -0.761. The minimum Gasteiger partial charge on any atom is -0.465 e. The zero-order valence-electron chi connectivity index (χ0n) is 23.6. The largest absolute Gasteiger partial charge is 0.471 e. The smallest absolute Gasteiger partial charge is 0.465 e. The Labute approximate surface area is 233 Å². The molecule has 16 heteroatoms. The van der Waals surface area contributed by atoms with E-state index in [1.165, 1.54) is 13.8 Å². The van der Waals surface area contributed by atoms with Crippen LogP contribution in [0.1, 0.15) is 64.2 Å². The Morgan fingerprint density at radius 2 is 1.14 bits per heavy atom. The van der Waals surface area contributed by atoms with Gasteiger partial charge in [-0.2, -0.15) is 57.1 Å². The van der Waals surface area contributed by atoms with E-state index in [0.717, 1.165) is 6.42 Å². The van der Waals surface area contributed by atoms with Gasteiger partial charge in [0.15, 0.2) is 0 Å². The molecule has 0 fully saturated rings. The van der Waals surface area contributed by atoms with Gasteiger partial charge in [0.2, 0.25) is 0 Å². The van der Waals surface area contributed by atoms with Crippen LogP contribution in [0.15, 0.2) is 12.1 Å². The molecule has 0 bridgehead atoms. The molecule has 0 unspecified atom stereocenters. The summed E-state index contributed by atoms with van der Waals surface area (Å²) in [6.07, 6.45) is -13.0. The van der Waals surface area contributed by atoms with Gasteiger partial charge in [0.05, 0.1) is 12.0 Å². The van der Waals surface area contributed by atoms with Crippen molar-refractivity contribution in [2.24, 2.45) is 10.8 Å². The molecule has 0 saturated heterocycles. The number of esters is 1. The number of carbonyl (C=O) groups excluding carboxylic acids is 1. The Kier molecular flexibility index (Phi) is 10.4. The van der Waals surface area contributed by atoms with E-state index in [2.05, 4.69) is 4.74 Å². The highest BCUT2D eigenvalue weighted by molar-refractivity contribution is 5.76. The lowest BCUT2D eigenvalue weighted by Crippen LogP contribution is -2.70. The van der Waals surface area contributed by atoms with Gasteiger partial charge in [-0.3, -0.25) is 4.79 Å². The van der Waals surface area contributed by atoms with Gasteiger partial charge < -0.3 is 9.47 Å². The van der Waals surface area contributed by atoms with Gasteiger partial charge in [0.1, 0.15) is 5.75 Å². The number of rotatable bonds is 13. The van der Waals surface area contributed by atoms with Crippen molar-refractivity contribution in [3.8, 4) is 5.75 Å². The second-order valence-corrected chi connectivity index (χ2v) is 11.4. The molecule has 0 atom stereocenters. The molecule has 0 N–H and O–H groups in total. The third-order valence-electron chi connectivity index (χ3n) is 6.84. The van der Waals surface area contributed by atoms with Crippen LogP contribution in [0.3, 0.4) is 0 Å². The van der Waals surface area contributed by atoms with Crippen molar-refractivity contribution in [3.63, 3.8) is 0 Å². The number of ether oxygens (including phenoxy) is 2. The third-order valence-corrected chi connectivity index (χ3v) is 6.84. The zero-order valence-corrected chi connectivity index (χ0v) is 23.6. The van der Waals surface area contributed by atoms with E-state index in [-0.39, 0.29) is 29.6 Å². The van der Waals surface area contributed by atoms with Crippen LogP contribution in [-0.2, 0) is 16.0 Å². The molecule has 0 heterocycles. The highest BCUT2D eigenvalue weighted by Gasteiger charge is 2.91. The summed E-state index contributed by atoms with van der Waals surface area (Å²) in [6, 6.07) is 1.17. The Morgan fingerprint density at radius 1 is 0.714 bits per heavy atom. The normalized spacial score (nSPS) is 14.7. The Morgan fingerprint density at radius 3 is 1.55 bits per heavy atom. The predicted octanol–water partition coefficient (Wildman–Crippen LogP) is 9.32. The van der Waals surface area contributed by atoms with Gasteiger partial charge in [-0.25, -0.2) is 0 Å². The van der Waals surface area contributed by atoms with Crippen LogP contribution >= 0.6 is 0 Å². The molecule has 0 aromatic heterocycles. The predicted molar refractivity (Wildman–Crippen MR) is 124 cm³/mol. The molecule has 0 aliphatic rings. The Balaban J connectivity index is 3.18. The second-order valence-electron chi connectivity index (χ2n) is 11.4. The quantitative estimate of drug-likeness (QED) is 0.160. The monoisotopic (exact) mass is 638 g/mol. The van der Waals surface area contributed by atoms with Crippen LogP contribution in [-0.4, -0.2) is 48.6 Å². The first-order valence-electron chi connectivity index (χ1n) is 12.3. The lowest BCUT2D eigenvalue weighted by molar-refractivity contribution is -0.456. The molecule has 0 aliphatic heterocycles. The highest BCUT2D eigenvalue weighted by Crippen LogP contribution is 2.60. The molecular formula is C26H31F13O3. The van der Waals surface area contributed by atoms with Gasteiger partial charge >= 0.3 is 41.9 Å². The fourth-order valence-electron chi connectivity index (χ4n) is 4.21. The molecule has 42 heavy (non-hydrogen) atoms. The van der Waals surface area contributed by atoms with Crippen LogP contribution in [0.4, 0.5) is 57.1 Å². The molecule has 244 valence electrons. The van der Waals surface area contributed by atoms with E-state index >= 15 is 0 Å². The summed E-state index contributed by atoms with van der Waals surface area (Å²) in [5.74, 6) is -33.2. The van der Waals surface area contributed by atoms with Crippen molar-refractivity contribution in [3.05, 3.63) is 28.8 Å². The number of hydrogen-bond acceptors (Lipinski definition) is 3. The first-order chi connectivity index (χ1) is 18.4. The average molecular weight is 639 g/mol. The van der Waals surface area contributed by atoms with Crippen LogP contribution in [0, 0.1) is 24.7 Å². The molecule has 0 spiro atoms. The molecule has 3 nitrogen and oxygen atoms in total. The lowest BCUT2D eigenvalue weighted by Gasteiger charge is -2.39. The summed E-state index contributed by atoms with van der Waals surface area (Å²) < 4.78 is 182. The number of halogens is 13. The number of hydrogen-bond donors (Lipinski definition) is 0. The third kappa shape index (κ3) is 7.03. The van der Waals surface area contributed by atoms with E-state index < -0.39 is 53.1 Å². The van der Waals surface area contributed by atoms with Gasteiger partial charge in [-0.1, -0.05) is 27.2 Å². The van der Waals surface area contributed by atoms with Gasteiger partial charge in [0.25, 0.3) is 0 Å². The summed E-state index contributed by atoms with van der Waals surface area (Å²) in [7, 11) is 0. The topological polar surface area (TPSA) is 35.5 Å². The highest BCUT2D eigenvalue weighted by atomic mass is 19.4. The fraction of sp³-hybridized carbons (Fsp3) is 0.731. The van der Waals surface area contributed by atoms with Gasteiger partial charge in [-0.15, -0.1) is 0 Å². The second kappa shape index (κ2) is 11.6. The van der Waals surface area contributed by atoms with Crippen LogP contribution < -0.4 is 4.74 Å². The molecule has 1 rings (SSSR count). The number of carbonyl (C=O) groups is 1. The lowest BCUT2D eigenvalue weighted by atomic mass is 9.74. The maximum atomic E-state index is 14.1. The van der Waals surface area contributed by atoms with Crippen molar-refractivity contribution < 1.29 is 71.3 Å².